The SMILES string of the molecule is CN[C@H](c1ccccc1)[C@@H]1CO[C@@H]2Cc3ccccc3[C@H]1O2. The zero-order valence-electron chi connectivity index (χ0n) is 12.7. The molecule has 4 rings (SSSR count). The van der Waals surface area contributed by atoms with Gasteiger partial charge in [0.25, 0.3) is 0 Å². The first-order valence-corrected chi connectivity index (χ1v) is 7.94. The normalized spacial score (nSPS) is 28.0. The third kappa shape index (κ3) is 2.35. The van der Waals surface area contributed by atoms with Gasteiger partial charge in [-0.2, -0.15) is 0 Å². The van der Waals surface area contributed by atoms with Crippen molar-refractivity contribution >= 4 is 0 Å². The van der Waals surface area contributed by atoms with Crippen molar-refractivity contribution < 1.29 is 9.47 Å². The van der Waals surface area contributed by atoms with Crippen molar-refractivity contribution in [3.05, 3.63) is 71.3 Å². The number of rotatable bonds is 3. The van der Waals surface area contributed by atoms with Crippen LogP contribution >= 0.6 is 0 Å². The van der Waals surface area contributed by atoms with Gasteiger partial charge in [-0.15, -0.1) is 0 Å². The minimum Gasteiger partial charge on any atom is -0.352 e. The Kier molecular flexibility index (Phi) is 3.70. The van der Waals surface area contributed by atoms with E-state index in [1.165, 1.54) is 16.7 Å². The van der Waals surface area contributed by atoms with Crippen LogP contribution in [-0.4, -0.2) is 19.9 Å². The molecule has 0 aliphatic carbocycles. The fourth-order valence-corrected chi connectivity index (χ4v) is 3.76. The van der Waals surface area contributed by atoms with Gasteiger partial charge >= 0.3 is 0 Å². The monoisotopic (exact) mass is 295 g/mol. The molecule has 0 aromatic heterocycles. The van der Waals surface area contributed by atoms with Crippen LogP contribution in [0.15, 0.2) is 54.6 Å². The summed E-state index contributed by atoms with van der Waals surface area (Å²) in [5, 5.41) is 3.46. The van der Waals surface area contributed by atoms with Crippen molar-refractivity contribution in [2.75, 3.05) is 13.7 Å². The number of hydrogen-bond donors (Lipinski definition) is 1. The predicted molar refractivity (Wildman–Crippen MR) is 85.4 cm³/mol. The standard InChI is InChI=1S/C19H21NO2/c1-20-18(13-7-3-2-4-8-13)16-12-21-17-11-14-9-5-6-10-15(14)19(16)22-17/h2-10,16-20H,11-12H2,1H3/t16-,17-,18+,19+/m0/s1. The zero-order valence-corrected chi connectivity index (χ0v) is 12.7. The van der Waals surface area contributed by atoms with Crippen molar-refractivity contribution in [1.29, 1.82) is 0 Å². The summed E-state index contributed by atoms with van der Waals surface area (Å²) >= 11 is 0. The fourth-order valence-electron chi connectivity index (χ4n) is 3.76. The third-order valence-electron chi connectivity index (χ3n) is 4.81. The van der Waals surface area contributed by atoms with Crippen LogP contribution in [0.1, 0.15) is 28.8 Å². The smallest absolute Gasteiger partial charge is 0.162 e. The molecule has 3 nitrogen and oxygen atoms in total. The lowest BCUT2D eigenvalue weighted by Gasteiger charge is -2.44. The van der Waals surface area contributed by atoms with Crippen molar-refractivity contribution in [1.82, 2.24) is 5.32 Å². The third-order valence-corrected chi connectivity index (χ3v) is 4.81. The Morgan fingerprint density at radius 2 is 1.82 bits per heavy atom. The summed E-state index contributed by atoms with van der Waals surface area (Å²) in [6.07, 6.45) is 0.861. The maximum absolute atomic E-state index is 6.20. The molecule has 1 saturated heterocycles. The van der Waals surface area contributed by atoms with Crippen LogP contribution in [0.5, 0.6) is 0 Å². The lowest BCUT2D eigenvalue weighted by Crippen LogP contribution is -2.44. The van der Waals surface area contributed by atoms with Crippen molar-refractivity contribution in [3.8, 4) is 0 Å². The first-order chi connectivity index (χ1) is 10.9. The van der Waals surface area contributed by atoms with Gasteiger partial charge in [-0.1, -0.05) is 54.6 Å². The Morgan fingerprint density at radius 1 is 1.05 bits per heavy atom. The summed E-state index contributed by atoms with van der Waals surface area (Å²) in [4.78, 5) is 0. The molecule has 0 radical (unpaired) electrons. The van der Waals surface area contributed by atoms with E-state index in [4.69, 9.17) is 9.47 Å². The summed E-state index contributed by atoms with van der Waals surface area (Å²) in [6, 6.07) is 19.4. The number of benzene rings is 2. The first-order valence-electron chi connectivity index (χ1n) is 7.94. The van der Waals surface area contributed by atoms with E-state index in [0.717, 1.165) is 13.0 Å². The summed E-state index contributed by atoms with van der Waals surface area (Å²) in [7, 11) is 2.01. The van der Waals surface area contributed by atoms with Crippen LogP contribution in [0.3, 0.4) is 0 Å². The predicted octanol–water partition coefficient (Wildman–Crippen LogP) is 3.23. The van der Waals surface area contributed by atoms with Crippen LogP contribution < -0.4 is 5.32 Å². The summed E-state index contributed by atoms with van der Waals surface area (Å²) in [6.45, 7) is 0.726. The second-order valence-electron chi connectivity index (χ2n) is 6.06. The van der Waals surface area contributed by atoms with E-state index in [1.54, 1.807) is 0 Å². The Labute approximate surface area is 131 Å². The maximum Gasteiger partial charge on any atom is 0.162 e. The maximum atomic E-state index is 6.20. The van der Waals surface area contributed by atoms with Crippen LogP contribution in [0.25, 0.3) is 0 Å². The molecule has 4 atom stereocenters. The first kappa shape index (κ1) is 13.9. The minimum absolute atomic E-state index is 0.0931. The largest absolute Gasteiger partial charge is 0.352 e. The highest BCUT2D eigenvalue weighted by Gasteiger charge is 2.41. The molecule has 1 fully saturated rings. The zero-order chi connectivity index (χ0) is 14.9. The highest BCUT2D eigenvalue weighted by atomic mass is 16.7. The van der Waals surface area contributed by atoms with Crippen molar-refractivity contribution in [2.45, 2.75) is 24.9 Å². The molecule has 0 unspecified atom stereocenters. The van der Waals surface area contributed by atoms with Gasteiger partial charge in [0.2, 0.25) is 0 Å². The number of hydrogen-bond acceptors (Lipinski definition) is 3. The molecule has 2 aromatic rings. The molecule has 0 saturated carbocycles. The van der Waals surface area contributed by atoms with E-state index in [2.05, 4.69) is 59.9 Å². The van der Waals surface area contributed by atoms with Gasteiger partial charge in [0, 0.05) is 18.4 Å². The van der Waals surface area contributed by atoms with E-state index in [-0.39, 0.29) is 24.4 Å². The summed E-state index contributed by atoms with van der Waals surface area (Å²) in [5.41, 5.74) is 3.96. The minimum atomic E-state index is -0.0931. The number of ether oxygens (including phenoxy) is 2. The average molecular weight is 295 g/mol. The highest BCUT2D eigenvalue weighted by Crippen LogP contribution is 2.44. The Hall–Kier alpha value is -1.68. The Balaban J connectivity index is 1.71. The molecule has 0 spiro atoms. The second-order valence-corrected chi connectivity index (χ2v) is 6.06. The Morgan fingerprint density at radius 3 is 2.64 bits per heavy atom. The molecule has 3 heteroatoms. The number of fused-ring (bicyclic) bond motifs is 4. The molecule has 2 aliphatic rings. The summed E-state index contributed by atoms with van der Waals surface area (Å²) in [5.74, 6) is 0.269. The molecular weight excluding hydrogens is 274 g/mol. The van der Waals surface area contributed by atoms with E-state index >= 15 is 0 Å². The fraction of sp³-hybridized carbons (Fsp3) is 0.368. The van der Waals surface area contributed by atoms with Gasteiger partial charge in [-0.05, 0) is 23.7 Å². The molecule has 22 heavy (non-hydrogen) atoms. The molecule has 1 N–H and O–H groups in total. The highest BCUT2D eigenvalue weighted by molar-refractivity contribution is 5.33. The molecule has 2 aromatic carbocycles. The molecule has 0 amide bonds. The average Bonchev–Trinajstić information content (AvgIpc) is 2.58. The molecular formula is C19H21NO2. The van der Waals surface area contributed by atoms with E-state index in [0.29, 0.717) is 0 Å². The molecule has 2 aliphatic heterocycles. The van der Waals surface area contributed by atoms with Crippen LogP contribution in [0.4, 0.5) is 0 Å². The number of nitrogens with one attached hydrogen (secondary N) is 1. The van der Waals surface area contributed by atoms with Gasteiger partial charge in [0.1, 0.15) is 0 Å². The lowest BCUT2D eigenvalue weighted by atomic mass is 9.81. The van der Waals surface area contributed by atoms with E-state index in [9.17, 15) is 0 Å². The van der Waals surface area contributed by atoms with Crippen molar-refractivity contribution in [3.63, 3.8) is 0 Å². The molecule has 2 heterocycles. The topological polar surface area (TPSA) is 30.5 Å². The second kappa shape index (κ2) is 5.84. The van der Waals surface area contributed by atoms with Crippen LogP contribution in [0, 0.1) is 5.92 Å². The van der Waals surface area contributed by atoms with Crippen LogP contribution in [0.2, 0.25) is 0 Å². The lowest BCUT2D eigenvalue weighted by molar-refractivity contribution is -0.250. The quantitative estimate of drug-likeness (QED) is 0.943. The van der Waals surface area contributed by atoms with E-state index in [1.807, 2.05) is 7.05 Å². The van der Waals surface area contributed by atoms with E-state index < -0.39 is 0 Å². The summed E-state index contributed by atoms with van der Waals surface area (Å²) < 4.78 is 12.2. The van der Waals surface area contributed by atoms with Gasteiger partial charge in [-0.25, -0.2) is 0 Å². The molecule has 2 bridgehead atoms. The molecule has 114 valence electrons. The van der Waals surface area contributed by atoms with Crippen molar-refractivity contribution in [2.24, 2.45) is 5.92 Å². The van der Waals surface area contributed by atoms with Gasteiger partial charge in [-0.3, -0.25) is 0 Å². The van der Waals surface area contributed by atoms with Gasteiger partial charge in [0.05, 0.1) is 12.7 Å². The van der Waals surface area contributed by atoms with Crippen LogP contribution in [-0.2, 0) is 15.9 Å². The Bertz CT molecular complexity index is 643. The van der Waals surface area contributed by atoms with Gasteiger partial charge < -0.3 is 14.8 Å². The van der Waals surface area contributed by atoms with Gasteiger partial charge in [0.15, 0.2) is 6.29 Å².